The van der Waals surface area contributed by atoms with E-state index in [9.17, 15) is 15.0 Å². The van der Waals surface area contributed by atoms with E-state index in [1.807, 2.05) is 24.4 Å². The number of nitrogens with one attached hydrogen (secondary N) is 1. The lowest BCUT2D eigenvalue weighted by Crippen LogP contribution is -2.25. The summed E-state index contributed by atoms with van der Waals surface area (Å²) < 4.78 is 7.09. The smallest absolute Gasteiger partial charge is 0.262 e. The third-order valence-electron chi connectivity index (χ3n) is 4.40. The number of ether oxygens (including phenoxy) is 1. The van der Waals surface area contributed by atoms with E-state index in [4.69, 9.17) is 4.74 Å². The van der Waals surface area contributed by atoms with Gasteiger partial charge in [0.25, 0.3) is 5.91 Å². The van der Waals surface area contributed by atoms with E-state index >= 15 is 0 Å². The molecule has 1 aliphatic heterocycles. The molecule has 3 aromatic rings. The molecule has 0 aliphatic carbocycles. The highest BCUT2D eigenvalue weighted by atomic mass is 32.1. The summed E-state index contributed by atoms with van der Waals surface area (Å²) >= 11 is 1.41. The number of phenolic OH excluding ortho intramolecular Hbond substituents is 2. The minimum atomic E-state index is -0.208. The van der Waals surface area contributed by atoms with Gasteiger partial charge in [-0.25, -0.2) is 4.68 Å². The highest BCUT2D eigenvalue weighted by Crippen LogP contribution is 2.33. The Morgan fingerprint density at radius 3 is 2.94 bits per heavy atom. The van der Waals surface area contributed by atoms with Crippen molar-refractivity contribution in [2.45, 2.75) is 6.92 Å². The first-order valence-electron chi connectivity index (χ1n) is 9.39. The summed E-state index contributed by atoms with van der Waals surface area (Å²) in [5.41, 5.74) is 3.51. The Labute approximate surface area is 182 Å². The molecule has 0 spiro atoms. The van der Waals surface area contributed by atoms with Crippen LogP contribution in [0.3, 0.4) is 0 Å². The number of fused-ring (bicyclic) bond motifs is 1. The van der Waals surface area contributed by atoms with Gasteiger partial charge in [0.1, 0.15) is 17.2 Å². The molecule has 8 nitrogen and oxygen atoms in total. The number of carbonyl (C=O) groups excluding carboxylic acids is 1. The van der Waals surface area contributed by atoms with Gasteiger partial charge in [-0.3, -0.25) is 9.79 Å². The molecular weight excluding hydrogens is 416 g/mol. The topological polar surface area (TPSA) is 108 Å². The second kappa shape index (κ2) is 8.49. The van der Waals surface area contributed by atoms with E-state index < -0.39 is 0 Å². The van der Waals surface area contributed by atoms with Gasteiger partial charge in [-0.15, -0.1) is 11.3 Å². The predicted octanol–water partition coefficient (Wildman–Crippen LogP) is 3.32. The number of hydrogen-bond donors (Lipinski definition) is 3. The van der Waals surface area contributed by atoms with Gasteiger partial charge in [0, 0.05) is 22.6 Å². The van der Waals surface area contributed by atoms with E-state index in [1.165, 1.54) is 29.7 Å². The van der Waals surface area contributed by atoms with Gasteiger partial charge in [-0.2, -0.15) is 5.10 Å². The van der Waals surface area contributed by atoms with Crippen molar-refractivity contribution in [2.24, 2.45) is 10.1 Å². The minimum Gasteiger partial charge on any atom is -0.508 e. The van der Waals surface area contributed by atoms with Crippen LogP contribution in [0.2, 0.25) is 0 Å². The Balaban J connectivity index is 1.79. The number of carbonyl (C=O) groups is 1. The summed E-state index contributed by atoms with van der Waals surface area (Å²) in [5.74, 6) is 0.278. The number of rotatable bonds is 5. The monoisotopic (exact) mass is 436 g/mol. The first kappa shape index (κ1) is 20.4. The Morgan fingerprint density at radius 1 is 1.32 bits per heavy atom. The van der Waals surface area contributed by atoms with Crippen LogP contribution in [-0.2, 0) is 4.79 Å². The highest BCUT2D eigenvalue weighted by Gasteiger charge is 2.17. The van der Waals surface area contributed by atoms with Gasteiger partial charge in [-0.05, 0) is 37.3 Å². The van der Waals surface area contributed by atoms with Crippen molar-refractivity contribution < 1.29 is 19.7 Å². The quantitative estimate of drug-likeness (QED) is 0.421. The van der Waals surface area contributed by atoms with Crippen LogP contribution < -0.4 is 14.9 Å². The van der Waals surface area contributed by atoms with E-state index in [0.29, 0.717) is 28.3 Å². The van der Waals surface area contributed by atoms with E-state index in [0.717, 1.165) is 16.8 Å². The molecule has 0 fully saturated rings. The Kier molecular flexibility index (Phi) is 5.59. The minimum absolute atomic E-state index is 0.00481. The molecule has 9 heteroatoms. The first-order chi connectivity index (χ1) is 14.9. The molecule has 3 N–H and O–H groups in total. The fourth-order valence-electron chi connectivity index (χ4n) is 2.92. The number of aromatic hydroxyl groups is 2. The zero-order valence-electron chi connectivity index (χ0n) is 16.7. The second-order valence-corrected chi connectivity index (χ2v) is 7.86. The summed E-state index contributed by atoms with van der Waals surface area (Å²) in [6.07, 6.45) is 1.49. The maximum Gasteiger partial charge on any atom is 0.262 e. The van der Waals surface area contributed by atoms with Crippen LogP contribution >= 0.6 is 11.3 Å². The van der Waals surface area contributed by atoms with Gasteiger partial charge < -0.3 is 20.3 Å². The fraction of sp³-hybridized carbons (Fsp3) is 0.136. The van der Waals surface area contributed by atoms with Crippen LogP contribution in [0, 0.1) is 0 Å². The molecule has 0 saturated heterocycles. The number of anilines is 1. The molecular formula is C22H20N4O4S. The van der Waals surface area contributed by atoms with Crippen molar-refractivity contribution in [1.29, 1.82) is 0 Å². The van der Waals surface area contributed by atoms with E-state index in [2.05, 4.69) is 22.0 Å². The van der Waals surface area contributed by atoms with Crippen LogP contribution in [0.25, 0.3) is 11.3 Å². The van der Waals surface area contributed by atoms with Crippen LogP contribution in [0.4, 0.5) is 5.69 Å². The molecule has 0 atom stereocenters. The van der Waals surface area contributed by atoms with Gasteiger partial charge in [-0.1, -0.05) is 12.2 Å². The van der Waals surface area contributed by atoms with Crippen molar-refractivity contribution in [3.63, 3.8) is 0 Å². The third kappa shape index (κ3) is 4.51. The largest absolute Gasteiger partial charge is 0.508 e. The van der Waals surface area contributed by atoms with Crippen LogP contribution in [-0.4, -0.2) is 40.2 Å². The zero-order valence-corrected chi connectivity index (χ0v) is 17.5. The standard InChI is InChI=1S/C22H20N4O4S/c1-13(2)9-23-22-26(24-10-15-3-5-16(27)8-19(15)28)18(12-31-22)14-4-6-20-17(7-14)25-21(29)11-30-20/h3-8,10,12,27-28H,1,9,11H2,2H3,(H,25,29). The average molecular weight is 436 g/mol. The van der Waals surface area contributed by atoms with Crippen molar-refractivity contribution in [3.8, 4) is 28.5 Å². The maximum atomic E-state index is 11.7. The van der Waals surface area contributed by atoms with E-state index in [-0.39, 0.29) is 24.0 Å². The van der Waals surface area contributed by atoms with Gasteiger partial charge in [0.2, 0.25) is 4.80 Å². The van der Waals surface area contributed by atoms with Gasteiger partial charge >= 0.3 is 0 Å². The van der Waals surface area contributed by atoms with Crippen LogP contribution in [0.5, 0.6) is 17.2 Å². The van der Waals surface area contributed by atoms with Crippen LogP contribution in [0.1, 0.15) is 12.5 Å². The number of hydrogen-bond acceptors (Lipinski definition) is 7. The lowest BCUT2D eigenvalue weighted by atomic mass is 10.1. The second-order valence-electron chi connectivity index (χ2n) is 7.02. The lowest BCUT2D eigenvalue weighted by molar-refractivity contribution is -0.118. The summed E-state index contributed by atoms with van der Waals surface area (Å²) in [7, 11) is 0. The molecule has 1 aliphatic rings. The molecule has 1 aromatic heterocycles. The highest BCUT2D eigenvalue weighted by molar-refractivity contribution is 7.07. The zero-order chi connectivity index (χ0) is 22.0. The van der Waals surface area contributed by atoms with Crippen molar-refractivity contribution in [2.75, 3.05) is 18.5 Å². The molecule has 1 amide bonds. The van der Waals surface area contributed by atoms with E-state index in [1.54, 1.807) is 16.8 Å². The predicted molar refractivity (Wildman–Crippen MR) is 120 cm³/mol. The molecule has 0 radical (unpaired) electrons. The number of benzene rings is 2. The number of thiazole rings is 1. The van der Waals surface area contributed by atoms with Crippen molar-refractivity contribution >= 4 is 29.1 Å². The third-order valence-corrected chi connectivity index (χ3v) is 5.26. The average Bonchev–Trinajstić information content (AvgIpc) is 3.13. The molecule has 31 heavy (non-hydrogen) atoms. The molecule has 0 bridgehead atoms. The molecule has 2 heterocycles. The van der Waals surface area contributed by atoms with Gasteiger partial charge in [0.05, 0.1) is 24.1 Å². The number of aromatic nitrogens is 1. The molecule has 0 unspecified atom stereocenters. The Hall–Kier alpha value is -3.85. The molecule has 2 aromatic carbocycles. The summed E-state index contributed by atoms with van der Waals surface area (Å²) in [5, 5.41) is 28.8. The van der Waals surface area contributed by atoms with Gasteiger partial charge in [0.15, 0.2) is 6.61 Å². The van der Waals surface area contributed by atoms with Crippen LogP contribution in [0.15, 0.2) is 64.0 Å². The molecule has 0 saturated carbocycles. The molecule has 4 rings (SSSR count). The fourth-order valence-corrected chi connectivity index (χ4v) is 3.76. The number of amides is 1. The number of phenols is 2. The lowest BCUT2D eigenvalue weighted by Gasteiger charge is -2.18. The summed E-state index contributed by atoms with van der Waals surface area (Å²) in [6.45, 7) is 6.23. The summed E-state index contributed by atoms with van der Waals surface area (Å²) in [6, 6.07) is 9.79. The Bertz CT molecular complexity index is 1270. The maximum absolute atomic E-state index is 11.7. The Morgan fingerprint density at radius 2 is 2.16 bits per heavy atom. The van der Waals surface area contributed by atoms with Crippen molar-refractivity contribution in [3.05, 3.63) is 64.3 Å². The number of nitrogens with zero attached hydrogens (tertiary/aromatic N) is 3. The normalized spacial score (nSPS) is 13.7. The summed E-state index contributed by atoms with van der Waals surface area (Å²) in [4.78, 5) is 16.9. The van der Waals surface area contributed by atoms with Crippen molar-refractivity contribution in [1.82, 2.24) is 4.68 Å². The first-order valence-corrected chi connectivity index (χ1v) is 10.3. The molecule has 158 valence electrons. The SMILES string of the molecule is C=C(C)CN=c1scc(-c2ccc3c(c2)NC(=O)CO3)n1N=Cc1ccc(O)cc1O.